The van der Waals surface area contributed by atoms with Crippen LogP contribution in [-0.4, -0.2) is 59.6 Å². The summed E-state index contributed by atoms with van der Waals surface area (Å²) >= 11 is 1.58. The Morgan fingerprint density at radius 2 is 1.88 bits per heavy atom. The first-order chi connectivity index (χ1) is 15.6. The second-order valence-corrected chi connectivity index (χ2v) is 9.62. The van der Waals surface area contributed by atoms with Crippen LogP contribution in [0.3, 0.4) is 0 Å². The van der Waals surface area contributed by atoms with Crippen molar-refractivity contribution >= 4 is 34.5 Å². The minimum atomic E-state index is -0.461. The molecule has 1 N–H and O–H groups in total. The van der Waals surface area contributed by atoms with Gasteiger partial charge >= 0.3 is 0 Å². The molecule has 2 aromatic rings. The first-order valence-corrected chi connectivity index (χ1v) is 12.0. The fourth-order valence-electron chi connectivity index (χ4n) is 4.69. The van der Waals surface area contributed by atoms with Crippen LogP contribution in [0.4, 0.5) is 5.69 Å². The summed E-state index contributed by atoms with van der Waals surface area (Å²) in [5, 5.41) is 5.37. The van der Waals surface area contributed by atoms with E-state index in [1.54, 1.807) is 16.2 Å². The van der Waals surface area contributed by atoms with Gasteiger partial charge in [-0.15, -0.1) is 11.3 Å². The highest BCUT2D eigenvalue weighted by molar-refractivity contribution is 7.10. The Balaban J connectivity index is 1.19. The van der Waals surface area contributed by atoms with Crippen molar-refractivity contribution in [1.82, 2.24) is 9.80 Å². The number of hydrogen-bond acceptors (Lipinski definition) is 7. The van der Waals surface area contributed by atoms with Crippen molar-refractivity contribution in [3.05, 3.63) is 51.2 Å². The van der Waals surface area contributed by atoms with Crippen LogP contribution in [0.2, 0.25) is 0 Å². The molecule has 0 spiro atoms. The normalized spacial score (nSPS) is 21.8. The van der Waals surface area contributed by atoms with Crippen LogP contribution >= 0.6 is 11.3 Å². The number of nitrogens with one attached hydrogen (secondary N) is 1. The SMILES string of the molecule is O=C1CC[C@H](N2Cc3c(csc3CNc3ccc(CN4CCOCC4)cc3)C2=O)C(=O)C1. The van der Waals surface area contributed by atoms with Crippen molar-refractivity contribution in [3.63, 3.8) is 0 Å². The van der Waals surface area contributed by atoms with E-state index in [-0.39, 0.29) is 23.9 Å². The molecule has 1 aromatic heterocycles. The zero-order valence-corrected chi connectivity index (χ0v) is 18.8. The maximum atomic E-state index is 12.9. The number of Topliss-reactive ketones (excluding diaryl/α,β-unsaturated/α-hetero) is 2. The summed E-state index contributed by atoms with van der Waals surface area (Å²) in [5.74, 6) is -0.226. The van der Waals surface area contributed by atoms with Gasteiger partial charge in [-0.05, 0) is 29.7 Å². The smallest absolute Gasteiger partial charge is 0.255 e. The van der Waals surface area contributed by atoms with Crippen LogP contribution in [-0.2, 0) is 34.0 Å². The summed E-state index contributed by atoms with van der Waals surface area (Å²) in [6.07, 6.45) is 0.779. The number of hydrogen-bond donors (Lipinski definition) is 1. The van der Waals surface area contributed by atoms with Gasteiger partial charge in [-0.1, -0.05) is 12.1 Å². The van der Waals surface area contributed by atoms with Gasteiger partial charge in [0, 0.05) is 55.1 Å². The third kappa shape index (κ3) is 4.35. The number of amides is 1. The van der Waals surface area contributed by atoms with E-state index in [2.05, 4.69) is 34.5 Å². The molecule has 1 saturated carbocycles. The molecule has 5 rings (SSSR count). The van der Waals surface area contributed by atoms with Gasteiger partial charge in [0.1, 0.15) is 5.78 Å². The molecule has 7 nitrogen and oxygen atoms in total. The molecule has 1 aromatic carbocycles. The molecule has 2 fully saturated rings. The average molecular weight is 454 g/mol. The monoisotopic (exact) mass is 453 g/mol. The van der Waals surface area contributed by atoms with E-state index in [4.69, 9.17) is 4.74 Å². The topological polar surface area (TPSA) is 79.0 Å². The Bertz CT molecular complexity index is 1030. The number of fused-ring (bicyclic) bond motifs is 1. The molecule has 8 heteroatoms. The first-order valence-electron chi connectivity index (χ1n) is 11.2. The molecular formula is C24H27N3O4S. The van der Waals surface area contributed by atoms with Gasteiger partial charge in [-0.3, -0.25) is 19.3 Å². The fraction of sp³-hybridized carbons (Fsp3) is 0.458. The van der Waals surface area contributed by atoms with Crippen molar-refractivity contribution in [2.45, 2.75) is 44.9 Å². The van der Waals surface area contributed by atoms with Crippen LogP contribution in [0.1, 0.15) is 45.6 Å². The minimum absolute atomic E-state index is 0.0204. The molecule has 1 amide bonds. The maximum absolute atomic E-state index is 12.9. The van der Waals surface area contributed by atoms with Gasteiger partial charge in [0.2, 0.25) is 0 Å². The number of carbonyl (C=O) groups excluding carboxylic acids is 3. The third-order valence-corrected chi connectivity index (χ3v) is 7.56. The van der Waals surface area contributed by atoms with Crippen molar-refractivity contribution in [1.29, 1.82) is 0 Å². The van der Waals surface area contributed by atoms with Gasteiger partial charge in [0.05, 0.1) is 31.2 Å². The largest absolute Gasteiger partial charge is 0.380 e. The lowest BCUT2D eigenvalue weighted by molar-refractivity contribution is -0.133. The van der Waals surface area contributed by atoms with E-state index in [1.807, 2.05) is 5.38 Å². The lowest BCUT2D eigenvalue weighted by atomic mass is 9.92. The Morgan fingerprint density at radius 3 is 2.62 bits per heavy atom. The highest BCUT2D eigenvalue weighted by Crippen LogP contribution is 2.34. The molecule has 2 aliphatic heterocycles. The van der Waals surface area contributed by atoms with E-state index in [0.717, 1.165) is 49.0 Å². The Hall–Kier alpha value is -2.55. The summed E-state index contributed by atoms with van der Waals surface area (Å²) in [4.78, 5) is 41.9. The summed E-state index contributed by atoms with van der Waals surface area (Å²) in [6.45, 7) is 5.59. The fourth-order valence-corrected chi connectivity index (χ4v) is 5.66. The lowest BCUT2D eigenvalue weighted by Crippen LogP contribution is -2.44. The lowest BCUT2D eigenvalue weighted by Gasteiger charge is -2.29. The summed E-state index contributed by atoms with van der Waals surface area (Å²) in [5.41, 5.74) is 4.05. The molecule has 1 saturated heterocycles. The molecule has 168 valence electrons. The van der Waals surface area contributed by atoms with Crippen molar-refractivity contribution in [2.24, 2.45) is 0 Å². The quantitative estimate of drug-likeness (QED) is 0.678. The number of morpholine rings is 1. The number of ether oxygens (including phenoxy) is 1. The highest BCUT2D eigenvalue weighted by atomic mass is 32.1. The molecule has 0 radical (unpaired) electrons. The van der Waals surface area contributed by atoms with Gasteiger partial charge < -0.3 is 15.0 Å². The van der Waals surface area contributed by atoms with Crippen LogP contribution in [0.15, 0.2) is 29.6 Å². The number of rotatable bonds is 6. The van der Waals surface area contributed by atoms with Crippen molar-refractivity contribution < 1.29 is 19.1 Å². The van der Waals surface area contributed by atoms with Crippen molar-refractivity contribution in [2.75, 3.05) is 31.6 Å². The van der Waals surface area contributed by atoms with E-state index >= 15 is 0 Å². The Kier molecular flexibility index (Phi) is 6.08. The summed E-state index contributed by atoms with van der Waals surface area (Å²) in [6, 6.07) is 8.03. The predicted molar refractivity (Wildman–Crippen MR) is 122 cm³/mol. The molecule has 0 bridgehead atoms. The van der Waals surface area contributed by atoms with Gasteiger partial charge in [0.15, 0.2) is 5.78 Å². The molecule has 3 heterocycles. The molecular weight excluding hydrogens is 426 g/mol. The standard InChI is InChI=1S/C24H27N3O4S/c28-18-5-6-21(22(29)11-18)27-14-19-20(24(27)30)15-32-23(19)12-25-17-3-1-16(2-4-17)13-26-7-9-31-10-8-26/h1-4,15,21,25H,5-14H2/t21-/m0/s1. The van der Waals surface area contributed by atoms with E-state index < -0.39 is 6.04 Å². The maximum Gasteiger partial charge on any atom is 0.255 e. The first kappa shape index (κ1) is 21.3. The number of thiophene rings is 1. The van der Waals surface area contributed by atoms with Crippen LogP contribution in [0, 0.1) is 0 Å². The second-order valence-electron chi connectivity index (χ2n) is 8.66. The van der Waals surface area contributed by atoms with Gasteiger partial charge in [-0.25, -0.2) is 0 Å². The summed E-state index contributed by atoms with van der Waals surface area (Å²) in [7, 11) is 0. The second kappa shape index (κ2) is 9.13. The van der Waals surface area contributed by atoms with Crippen molar-refractivity contribution in [3.8, 4) is 0 Å². The molecule has 1 atom stereocenters. The predicted octanol–water partition coefficient (Wildman–Crippen LogP) is 2.84. The molecule has 32 heavy (non-hydrogen) atoms. The minimum Gasteiger partial charge on any atom is -0.380 e. The number of carbonyl (C=O) groups is 3. The van der Waals surface area contributed by atoms with Crippen LogP contribution < -0.4 is 5.32 Å². The van der Waals surface area contributed by atoms with Crippen LogP contribution in [0.25, 0.3) is 0 Å². The zero-order chi connectivity index (χ0) is 22.1. The van der Waals surface area contributed by atoms with Gasteiger partial charge in [0.25, 0.3) is 5.91 Å². The summed E-state index contributed by atoms with van der Waals surface area (Å²) < 4.78 is 5.41. The molecule has 3 aliphatic rings. The van der Waals surface area contributed by atoms with Gasteiger partial charge in [-0.2, -0.15) is 0 Å². The number of benzene rings is 1. The van der Waals surface area contributed by atoms with E-state index in [1.165, 1.54) is 5.56 Å². The third-order valence-electron chi connectivity index (χ3n) is 6.53. The number of nitrogens with zero attached hydrogens (tertiary/aromatic N) is 2. The zero-order valence-electron chi connectivity index (χ0n) is 18.0. The average Bonchev–Trinajstić information content (AvgIpc) is 3.34. The molecule has 1 aliphatic carbocycles. The molecule has 0 unspecified atom stereocenters. The highest BCUT2D eigenvalue weighted by Gasteiger charge is 2.40. The number of ketones is 2. The van der Waals surface area contributed by atoms with E-state index in [0.29, 0.717) is 31.5 Å². The number of anilines is 1. The van der Waals surface area contributed by atoms with E-state index in [9.17, 15) is 14.4 Å². The Morgan fingerprint density at radius 1 is 1.09 bits per heavy atom. The Labute approximate surface area is 191 Å². The van der Waals surface area contributed by atoms with Crippen LogP contribution in [0.5, 0.6) is 0 Å².